The number of methoxy groups -OCH3 is 1. The van der Waals surface area contributed by atoms with Gasteiger partial charge >= 0.3 is 0 Å². The van der Waals surface area contributed by atoms with Gasteiger partial charge in [0.1, 0.15) is 6.33 Å². The van der Waals surface area contributed by atoms with Crippen LogP contribution in [0.1, 0.15) is 16.2 Å². The quantitative estimate of drug-likeness (QED) is 0.632. The van der Waals surface area contributed by atoms with E-state index >= 15 is 0 Å². The molecule has 8 nitrogen and oxygen atoms in total. The number of halogens is 1. The minimum atomic E-state index is -0.203. The largest absolute Gasteiger partial charge is 0.383 e. The molecule has 0 aliphatic heterocycles. The van der Waals surface area contributed by atoms with Crippen LogP contribution in [-0.2, 0) is 17.8 Å². The van der Waals surface area contributed by atoms with Gasteiger partial charge in [0, 0.05) is 33.1 Å². The molecule has 3 aromatic rings. The fourth-order valence-electron chi connectivity index (χ4n) is 2.51. The van der Waals surface area contributed by atoms with Gasteiger partial charge in [-0.3, -0.25) is 4.79 Å². The van der Waals surface area contributed by atoms with Crippen LogP contribution < -0.4 is 0 Å². The smallest absolute Gasteiger partial charge is 0.255 e. The maximum absolute atomic E-state index is 12.9. The van der Waals surface area contributed by atoms with Crippen LogP contribution in [0.25, 0.3) is 5.69 Å². The van der Waals surface area contributed by atoms with Crippen LogP contribution in [0.5, 0.6) is 0 Å². The van der Waals surface area contributed by atoms with Crippen molar-refractivity contribution in [3.63, 3.8) is 0 Å². The van der Waals surface area contributed by atoms with Gasteiger partial charge in [-0.25, -0.2) is 4.68 Å². The molecule has 2 heterocycles. The predicted molar refractivity (Wildman–Crippen MR) is 96.3 cm³/mol. The molecule has 1 aromatic carbocycles. The van der Waals surface area contributed by atoms with E-state index in [-0.39, 0.29) is 5.91 Å². The molecule has 136 valence electrons. The molecule has 0 saturated heterocycles. The minimum absolute atomic E-state index is 0.203. The van der Waals surface area contributed by atoms with E-state index in [4.69, 9.17) is 16.3 Å². The SMILES string of the molecule is COCCn1cnnc1CN(C)C(=O)c1cc(-n2cccn2)ccc1Cl. The van der Waals surface area contributed by atoms with Crippen LogP contribution >= 0.6 is 11.6 Å². The van der Waals surface area contributed by atoms with Crippen LogP contribution in [0.4, 0.5) is 0 Å². The first-order chi connectivity index (χ1) is 12.6. The first kappa shape index (κ1) is 18.1. The van der Waals surface area contributed by atoms with E-state index in [1.807, 2.05) is 16.7 Å². The Kier molecular flexibility index (Phi) is 5.65. The van der Waals surface area contributed by atoms with Gasteiger partial charge in [-0.1, -0.05) is 11.6 Å². The number of aromatic nitrogens is 5. The summed E-state index contributed by atoms with van der Waals surface area (Å²) in [6.07, 6.45) is 5.10. The van der Waals surface area contributed by atoms with Crippen molar-refractivity contribution >= 4 is 17.5 Å². The third kappa shape index (κ3) is 3.92. The first-order valence-electron chi connectivity index (χ1n) is 8.01. The van der Waals surface area contributed by atoms with Gasteiger partial charge in [0.2, 0.25) is 0 Å². The molecule has 0 atom stereocenters. The second-order valence-corrected chi connectivity index (χ2v) is 6.12. The lowest BCUT2D eigenvalue weighted by molar-refractivity contribution is 0.0779. The van der Waals surface area contributed by atoms with Crippen molar-refractivity contribution in [2.45, 2.75) is 13.1 Å². The maximum Gasteiger partial charge on any atom is 0.255 e. The average molecular weight is 375 g/mol. The van der Waals surface area contributed by atoms with E-state index in [0.29, 0.717) is 36.1 Å². The van der Waals surface area contributed by atoms with E-state index in [1.54, 1.807) is 54.6 Å². The summed E-state index contributed by atoms with van der Waals surface area (Å²) in [5.41, 5.74) is 1.17. The molecule has 3 rings (SSSR count). The molecule has 0 unspecified atom stereocenters. The summed E-state index contributed by atoms with van der Waals surface area (Å²) >= 11 is 6.25. The lowest BCUT2D eigenvalue weighted by atomic mass is 10.1. The monoisotopic (exact) mass is 374 g/mol. The molecule has 0 saturated carbocycles. The number of carbonyl (C=O) groups is 1. The van der Waals surface area contributed by atoms with E-state index in [9.17, 15) is 4.79 Å². The van der Waals surface area contributed by atoms with Gasteiger partial charge in [0.25, 0.3) is 5.91 Å². The van der Waals surface area contributed by atoms with Crippen LogP contribution in [0.2, 0.25) is 5.02 Å². The zero-order valence-electron chi connectivity index (χ0n) is 14.5. The highest BCUT2D eigenvalue weighted by Gasteiger charge is 2.18. The molecule has 0 aliphatic rings. The molecule has 9 heteroatoms. The Morgan fingerprint density at radius 3 is 2.96 bits per heavy atom. The Hall–Kier alpha value is -2.71. The van der Waals surface area contributed by atoms with E-state index < -0.39 is 0 Å². The van der Waals surface area contributed by atoms with E-state index in [0.717, 1.165) is 5.69 Å². The Balaban J connectivity index is 1.78. The van der Waals surface area contributed by atoms with Gasteiger partial charge < -0.3 is 14.2 Å². The predicted octanol–water partition coefficient (Wildman–Crippen LogP) is 2.04. The molecule has 2 aromatic heterocycles. The van der Waals surface area contributed by atoms with Crippen molar-refractivity contribution in [3.05, 3.63) is 59.4 Å². The minimum Gasteiger partial charge on any atom is -0.383 e. The number of rotatable bonds is 7. The highest BCUT2D eigenvalue weighted by molar-refractivity contribution is 6.33. The first-order valence-corrected chi connectivity index (χ1v) is 8.38. The zero-order chi connectivity index (χ0) is 18.5. The van der Waals surface area contributed by atoms with Crippen molar-refractivity contribution in [3.8, 4) is 5.69 Å². The van der Waals surface area contributed by atoms with Crippen LogP contribution in [-0.4, -0.2) is 56.1 Å². The third-order valence-electron chi connectivity index (χ3n) is 3.91. The Bertz CT molecular complexity index is 877. The number of hydrogen-bond acceptors (Lipinski definition) is 5. The lowest BCUT2D eigenvalue weighted by Gasteiger charge is -2.18. The molecule has 0 bridgehead atoms. The Morgan fingerprint density at radius 1 is 1.38 bits per heavy atom. The molecule has 1 amide bonds. The third-order valence-corrected chi connectivity index (χ3v) is 4.24. The molecule has 0 aliphatic carbocycles. The molecule has 0 radical (unpaired) electrons. The van der Waals surface area contributed by atoms with Crippen molar-refractivity contribution in [2.24, 2.45) is 0 Å². The fraction of sp³-hybridized carbons (Fsp3) is 0.294. The summed E-state index contributed by atoms with van der Waals surface area (Å²) in [5.74, 6) is 0.475. The Morgan fingerprint density at radius 2 is 2.23 bits per heavy atom. The summed E-state index contributed by atoms with van der Waals surface area (Å²) < 4.78 is 8.60. The van der Waals surface area contributed by atoms with Crippen LogP contribution in [0.15, 0.2) is 43.0 Å². The second kappa shape index (κ2) is 8.11. The van der Waals surface area contributed by atoms with Crippen LogP contribution in [0.3, 0.4) is 0 Å². The molecular formula is C17H19ClN6O2. The van der Waals surface area contributed by atoms with E-state index in [1.165, 1.54) is 0 Å². The topological polar surface area (TPSA) is 78.1 Å². The molecule has 0 fully saturated rings. The van der Waals surface area contributed by atoms with E-state index in [2.05, 4.69) is 15.3 Å². The molecule has 0 N–H and O–H groups in total. The van der Waals surface area contributed by atoms with Crippen molar-refractivity contribution in [2.75, 3.05) is 20.8 Å². The Labute approximate surface area is 156 Å². The lowest BCUT2D eigenvalue weighted by Crippen LogP contribution is -2.28. The number of ether oxygens (including phenoxy) is 1. The summed E-state index contributed by atoms with van der Waals surface area (Å²) in [6, 6.07) is 7.05. The van der Waals surface area contributed by atoms with Gasteiger partial charge in [-0.2, -0.15) is 5.10 Å². The van der Waals surface area contributed by atoms with Crippen LogP contribution in [0, 0.1) is 0 Å². The highest BCUT2D eigenvalue weighted by atomic mass is 35.5. The van der Waals surface area contributed by atoms with Gasteiger partial charge in [0.15, 0.2) is 5.82 Å². The summed E-state index contributed by atoms with van der Waals surface area (Å²) in [5, 5.41) is 12.6. The number of amides is 1. The normalized spacial score (nSPS) is 10.9. The van der Waals surface area contributed by atoms with Crippen molar-refractivity contribution < 1.29 is 9.53 Å². The van der Waals surface area contributed by atoms with Crippen molar-refractivity contribution in [1.29, 1.82) is 0 Å². The second-order valence-electron chi connectivity index (χ2n) is 5.71. The summed E-state index contributed by atoms with van der Waals surface area (Å²) in [4.78, 5) is 14.4. The summed E-state index contributed by atoms with van der Waals surface area (Å²) in [7, 11) is 3.34. The van der Waals surface area contributed by atoms with Gasteiger partial charge in [0.05, 0.1) is 29.4 Å². The number of nitrogens with zero attached hydrogens (tertiary/aromatic N) is 6. The standard InChI is InChI=1S/C17H19ClN6O2/c1-22(11-16-21-19-12-23(16)8-9-26-2)17(25)14-10-13(4-5-15(14)18)24-7-3-6-20-24/h3-7,10,12H,8-9,11H2,1-2H3. The number of hydrogen-bond donors (Lipinski definition) is 0. The summed E-state index contributed by atoms with van der Waals surface area (Å²) in [6.45, 7) is 1.47. The zero-order valence-corrected chi connectivity index (χ0v) is 15.3. The fourth-order valence-corrected chi connectivity index (χ4v) is 2.71. The average Bonchev–Trinajstić information content (AvgIpc) is 3.32. The van der Waals surface area contributed by atoms with Gasteiger partial charge in [-0.05, 0) is 24.3 Å². The van der Waals surface area contributed by atoms with Gasteiger partial charge in [-0.15, -0.1) is 10.2 Å². The molecule has 0 spiro atoms. The molecular weight excluding hydrogens is 356 g/mol. The molecule has 26 heavy (non-hydrogen) atoms. The number of carbonyl (C=O) groups excluding carboxylic acids is 1. The highest BCUT2D eigenvalue weighted by Crippen LogP contribution is 2.21. The van der Waals surface area contributed by atoms with Crippen molar-refractivity contribution in [1.82, 2.24) is 29.4 Å². The maximum atomic E-state index is 12.9. The number of benzene rings is 1.